The largest absolute Gasteiger partial charge is 0.460 e. The van der Waals surface area contributed by atoms with E-state index in [1.165, 1.54) is 12.1 Å². The van der Waals surface area contributed by atoms with Crippen molar-refractivity contribution in [3.05, 3.63) is 29.5 Å². The number of esters is 1. The average molecular weight is 354 g/mol. The number of sulfonamides is 1. The second-order valence-corrected chi connectivity index (χ2v) is 7.24. The smallest absolute Gasteiger partial charge is 0.374 e. The number of benzene rings is 1. The summed E-state index contributed by atoms with van der Waals surface area (Å²) in [6.45, 7) is 5.79. The Kier molecular flexibility index (Phi) is 5.63. The summed E-state index contributed by atoms with van der Waals surface area (Å²) in [5.74, 6) is -0.463. The minimum atomic E-state index is -3.64. The van der Waals surface area contributed by atoms with Gasteiger partial charge in [-0.25, -0.2) is 17.9 Å². The number of hydrogen-bond acceptors (Lipinski definition) is 6. The molecular formula is C16H22N2O5S. The molecule has 2 aromatic rings. The van der Waals surface area contributed by atoms with Crippen LogP contribution in [0.3, 0.4) is 0 Å². The molecule has 0 saturated carbocycles. The highest BCUT2D eigenvalue weighted by Gasteiger charge is 2.21. The number of aryl methyl sites for hydroxylation is 1. The van der Waals surface area contributed by atoms with Crippen LogP contribution in [0.25, 0.3) is 11.0 Å². The van der Waals surface area contributed by atoms with Gasteiger partial charge in [-0.05, 0) is 46.0 Å². The van der Waals surface area contributed by atoms with E-state index in [0.717, 1.165) is 0 Å². The number of furan rings is 1. The Morgan fingerprint density at radius 2 is 2.08 bits per heavy atom. The van der Waals surface area contributed by atoms with Gasteiger partial charge in [-0.1, -0.05) is 0 Å². The van der Waals surface area contributed by atoms with Crippen molar-refractivity contribution in [2.75, 3.05) is 20.2 Å². The van der Waals surface area contributed by atoms with Crippen LogP contribution in [-0.2, 0) is 14.8 Å². The number of ether oxygens (including phenoxy) is 1. The van der Waals surface area contributed by atoms with Gasteiger partial charge in [0.05, 0.1) is 11.5 Å². The van der Waals surface area contributed by atoms with E-state index in [2.05, 4.69) is 10.0 Å². The van der Waals surface area contributed by atoms with E-state index < -0.39 is 16.0 Å². The Bertz CT molecular complexity index is 842. The van der Waals surface area contributed by atoms with Crippen molar-refractivity contribution in [3.63, 3.8) is 0 Å². The normalized spacial score (nSPS) is 13.2. The predicted molar refractivity (Wildman–Crippen MR) is 90.6 cm³/mol. The summed E-state index contributed by atoms with van der Waals surface area (Å²) in [5, 5.41) is 3.53. The maximum Gasteiger partial charge on any atom is 0.374 e. The molecule has 0 radical (unpaired) electrons. The van der Waals surface area contributed by atoms with Crippen LogP contribution in [0.4, 0.5) is 0 Å². The van der Waals surface area contributed by atoms with Gasteiger partial charge in [-0.2, -0.15) is 0 Å². The van der Waals surface area contributed by atoms with Gasteiger partial charge in [0, 0.05) is 23.5 Å². The molecule has 24 heavy (non-hydrogen) atoms. The lowest BCUT2D eigenvalue weighted by molar-refractivity contribution is 0.0491. The summed E-state index contributed by atoms with van der Waals surface area (Å²) in [5.41, 5.74) is 1.00. The molecule has 0 unspecified atom stereocenters. The predicted octanol–water partition coefficient (Wildman–Crippen LogP) is 1.80. The van der Waals surface area contributed by atoms with Crippen molar-refractivity contribution < 1.29 is 22.4 Å². The first-order valence-electron chi connectivity index (χ1n) is 7.67. The van der Waals surface area contributed by atoms with Crippen molar-refractivity contribution in [3.8, 4) is 0 Å². The zero-order valence-electron chi connectivity index (χ0n) is 14.2. The number of rotatable bonds is 7. The van der Waals surface area contributed by atoms with Crippen molar-refractivity contribution in [1.29, 1.82) is 0 Å². The Hall–Kier alpha value is -1.90. The first kappa shape index (κ1) is 18.4. The fraction of sp³-hybridized carbons (Fsp3) is 0.438. The molecule has 0 bridgehead atoms. The molecular weight excluding hydrogens is 332 g/mol. The Morgan fingerprint density at radius 1 is 1.38 bits per heavy atom. The third-order valence-electron chi connectivity index (χ3n) is 3.75. The van der Waals surface area contributed by atoms with Gasteiger partial charge in [0.25, 0.3) is 0 Å². The molecule has 1 atom stereocenters. The molecule has 0 saturated heterocycles. The summed E-state index contributed by atoms with van der Waals surface area (Å²) in [6.07, 6.45) is 0. The third kappa shape index (κ3) is 3.77. The molecule has 0 spiro atoms. The molecule has 132 valence electrons. The Labute approximate surface area is 141 Å². The number of carbonyl (C=O) groups excluding carboxylic acids is 1. The van der Waals surface area contributed by atoms with Gasteiger partial charge in [-0.15, -0.1) is 0 Å². The number of likely N-dealkylation sites (N-methyl/N-ethyl adjacent to an activating group) is 1. The fourth-order valence-corrected chi connectivity index (χ4v) is 3.33. The summed E-state index contributed by atoms with van der Waals surface area (Å²) < 4.78 is 37.8. The van der Waals surface area contributed by atoms with Crippen LogP contribution in [0.2, 0.25) is 0 Å². The number of carbonyl (C=O) groups is 1. The molecule has 1 aromatic carbocycles. The SMILES string of the molecule is CCOC(=O)c1oc2ccc(S(=O)(=O)NC[C@H](C)NC)cc2c1C. The van der Waals surface area contributed by atoms with E-state index >= 15 is 0 Å². The van der Waals surface area contributed by atoms with E-state index in [4.69, 9.17) is 9.15 Å². The molecule has 0 amide bonds. The second kappa shape index (κ2) is 7.33. The monoisotopic (exact) mass is 354 g/mol. The lowest BCUT2D eigenvalue weighted by atomic mass is 10.1. The van der Waals surface area contributed by atoms with Crippen LogP contribution in [0.1, 0.15) is 30.0 Å². The minimum Gasteiger partial charge on any atom is -0.460 e. The Balaban J connectivity index is 2.37. The molecule has 0 aliphatic carbocycles. The lowest BCUT2D eigenvalue weighted by Gasteiger charge is -2.12. The van der Waals surface area contributed by atoms with Gasteiger partial charge in [0.1, 0.15) is 5.58 Å². The topological polar surface area (TPSA) is 97.6 Å². The highest BCUT2D eigenvalue weighted by atomic mass is 32.2. The van der Waals surface area contributed by atoms with E-state index in [0.29, 0.717) is 16.5 Å². The fourth-order valence-electron chi connectivity index (χ4n) is 2.18. The number of fused-ring (bicyclic) bond motifs is 1. The molecule has 0 aliphatic heterocycles. The first-order valence-corrected chi connectivity index (χ1v) is 9.15. The molecule has 0 fully saturated rings. The molecule has 2 rings (SSSR count). The lowest BCUT2D eigenvalue weighted by Crippen LogP contribution is -2.37. The maximum atomic E-state index is 12.4. The standard InChI is InChI=1S/C16H22N2O5S/c1-5-22-16(19)15-11(3)13-8-12(6-7-14(13)23-15)24(20,21)18-9-10(2)17-4/h6-8,10,17-18H,5,9H2,1-4H3/t10-/m0/s1. The van der Waals surface area contributed by atoms with Crippen LogP contribution in [0.5, 0.6) is 0 Å². The molecule has 0 aliphatic rings. The summed E-state index contributed by atoms with van der Waals surface area (Å²) in [4.78, 5) is 12.0. The Morgan fingerprint density at radius 3 is 2.71 bits per heavy atom. The summed E-state index contributed by atoms with van der Waals surface area (Å²) >= 11 is 0. The summed E-state index contributed by atoms with van der Waals surface area (Å²) in [6, 6.07) is 4.51. The average Bonchev–Trinajstić information content (AvgIpc) is 2.89. The van der Waals surface area contributed by atoms with Crippen molar-refractivity contribution in [1.82, 2.24) is 10.0 Å². The van der Waals surface area contributed by atoms with Gasteiger partial charge >= 0.3 is 5.97 Å². The minimum absolute atomic E-state index is 0.00887. The van der Waals surface area contributed by atoms with Crippen LogP contribution < -0.4 is 10.0 Å². The highest BCUT2D eigenvalue weighted by molar-refractivity contribution is 7.89. The van der Waals surface area contributed by atoms with Crippen LogP contribution >= 0.6 is 0 Å². The summed E-state index contributed by atoms with van der Waals surface area (Å²) in [7, 11) is -1.88. The molecule has 7 nitrogen and oxygen atoms in total. The van der Waals surface area contributed by atoms with Gasteiger partial charge in [0.2, 0.25) is 15.8 Å². The van der Waals surface area contributed by atoms with E-state index in [1.54, 1.807) is 27.0 Å². The molecule has 8 heteroatoms. The van der Waals surface area contributed by atoms with Crippen LogP contribution in [-0.4, -0.2) is 40.6 Å². The number of hydrogen-bond donors (Lipinski definition) is 2. The third-order valence-corrected chi connectivity index (χ3v) is 5.17. The van der Waals surface area contributed by atoms with Gasteiger partial charge in [-0.3, -0.25) is 0 Å². The van der Waals surface area contributed by atoms with Gasteiger partial charge < -0.3 is 14.5 Å². The van der Waals surface area contributed by atoms with E-state index in [1.807, 2.05) is 6.92 Å². The van der Waals surface area contributed by atoms with E-state index in [9.17, 15) is 13.2 Å². The molecule has 1 aromatic heterocycles. The first-order chi connectivity index (χ1) is 11.3. The maximum absolute atomic E-state index is 12.4. The van der Waals surface area contributed by atoms with Crippen LogP contribution in [0, 0.1) is 6.92 Å². The quantitative estimate of drug-likeness (QED) is 0.736. The molecule has 1 heterocycles. The zero-order chi connectivity index (χ0) is 17.9. The number of nitrogens with one attached hydrogen (secondary N) is 2. The van der Waals surface area contributed by atoms with Crippen molar-refractivity contribution in [2.24, 2.45) is 0 Å². The van der Waals surface area contributed by atoms with Crippen LogP contribution in [0.15, 0.2) is 27.5 Å². The van der Waals surface area contributed by atoms with Crippen molar-refractivity contribution in [2.45, 2.75) is 31.7 Å². The zero-order valence-corrected chi connectivity index (χ0v) is 15.0. The second-order valence-electron chi connectivity index (χ2n) is 5.48. The van der Waals surface area contributed by atoms with Gasteiger partial charge in [0.15, 0.2) is 0 Å². The van der Waals surface area contributed by atoms with Crippen molar-refractivity contribution >= 4 is 27.0 Å². The molecule has 2 N–H and O–H groups in total. The highest BCUT2D eigenvalue weighted by Crippen LogP contribution is 2.28. The van der Waals surface area contributed by atoms with E-state index in [-0.39, 0.29) is 29.8 Å².